The maximum Gasteiger partial charge on any atom is 0.408 e. The van der Waals surface area contributed by atoms with Crippen molar-refractivity contribution < 1.29 is 36.2 Å². The number of nitrogens with zero attached hydrogens (tertiary/aromatic N) is 5. The van der Waals surface area contributed by atoms with Crippen LogP contribution in [0.15, 0.2) is 83.7 Å². The number of aryl methyl sites for hydroxylation is 1. The number of para-hydroxylation sites is 1. The van der Waals surface area contributed by atoms with E-state index >= 15 is 0 Å². The number of ether oxygens (including phenoxy) is 3. The molecule has 2 aromatic heterocycles. The summed E-state index contributed by atoms with van der Waals surface area (Å²) in [6, 6.07) is 18.4. The van der Waals surface area contributed by atoms with Gasteiger partial charge in [0.15, 0.2) is 5.82 Å². The van der Waals surface area contributed by atoms with E-state index in [1.807, 2.05) is 0 Å². The molecule has 0 saturated carbocycles. The van der Waals surface area contributed by atoms with Crippen molar-refractivity contribution in [3.63, 3.8) is 0 Å². The number of benzene rings is 4. The predicted octanol–water partition coefficient (Wildman–Crippen LogP) is 6.34. The number of hydrogen-bond donors (Lipinski definition) is 1. The first kappa shape index (κ1) is 38.7. The number of hydrogen-bond acceptors (Lipinski definition) is 9. The Morgan fingerprint density at radius 1 is 0.909 bits per heavy atom. The molecule has 0 fully saturated rings. The standard InChI is InChI=1S/C39H40F2N6O7S/c1-39(2,3)54-38(49)43-32(19-24-17-25(40)20-26(41)18-24)36-42-31-21-28(53-6)15-16-29(31)37(48)47(36)33-10-8-9-30-34(33)45(4)44-35(30)46(55(7,50)51)22-23-11-13-27(52-5)14-12-23/h8-18,20-21,32H,19,22H2,1-7H3,(H,43,49)/t32-/m0/s1. The molecular weight excluding hydrogens is 735 g/mol. The van der Waals surface area contributed by atoms with Gasteiger partial charge in [-0.2, -0.15) is 5.10 Å². The lowest BCUT2D eigenvalue weighted by Crippen LogP contribution is -2.39. The molecule has 2 heterocycles. The first-order valence-corrected chi connectivity index (χ1v) is 18.9. The van der Waals surface area contributed by atoms with Crippen molar-refractivity contribution in [1.82, 2.24) is 24.6 Å². The van der Waals surface area contributed by atoms with E-state index in [1.54, 1.807) is 88.5 Å². The molecule has 0 aliphatic rings. The number of amides is 1. The smallest absolute Gasteiger partial charge is 0.408 e. The van der Waals surface area contributed by atoms with Crippen molar-refractivity contribution in [2.75, 3.05) is 24.8 Å². The van der Waals surface area contributed by atoms with E-state index in [4.69, 9.17) is 19.2 Å². The molecule has 6 rings (SSSR count). The SMILES string of the molecule is COc1ccc(CN(c2nn(C)c3c(-n4c([C@H](Cc5cc(F)cc(F)c5)NC(=O)OC(C)(C)C)nc5cc(OC)ccc5c4=O)cccc23)S(C)(=O)=O)cc1. The minimum Gasteiger partial charge on any atom is -0.497 e. The topological polar surface area (TPSA) is 147 Å². The monoisotopic (exact) mass is 774 g/mol. The van der Waals surface area contributed by atoms with Gasteiger partial charge in [-0.25, -0.2) is 31.3 Å². The second kappa shape index (κ2) is 15.0. The molecule has 1 N–H and O–H groups in total. The molecule has 0 radical (unpaired) electrons. The van der Waals surface area contributed by atoms with Gasteiger partial charge in [-0.05, 0) is 80.4 Å². The summed E-state index contributed by atoms with van der Waals surface area (Å²) in [7, 11) is 0.693. The lowest BCUT2D eigenvalue weighted by Gasteiger charge is -2.26. The van der Waals surface area contributed by atoms with Crippen molar-refractivity contribution in [2.45, 2.75) is 45.4 Å². The summed E-state index contributed by atoms with van der Waals surface area (Å²) < 4.78 is 75.9. The van der Waals surface area contributed by atoms with E-state index in [0.717, 1.165) is 24.5 Å². The first-order valence-electron chi connectivity index (χ1n) is 17.1. The van der Waals surface area contributed by atoms with Crippen molar-refractivity contribution in [1.29, 1.82) is 0 Å². The zero-order valence-corrected chi connectivity index (χ0v) is 32.1. The highest BCUT2D eigenvalue weighted by atomic mass is 32.2. The number of halogens is 2. The molecule has 0 saturated heterocycles. The summed E-state index contributed by atoms with van der Waals surface area (Å²) >= 11 is 0. The van der Waals surface area contributed by atoms with Crippen LogP contribution in [0.2, 0.25) is 0 Å². The fraction of sp³-hybridized carbons (Fsp3) is 0.282. The third-order valence-electron chi connectivity index (χ3n) is 8.65. The van der Waals surface area contributed by atoms with Crippen LogP contribution in [0.1, 0.15) is 43.8 Å². The van der Waals surface area contributed by atoms with Crippen LogP contribution < -0.4 is 24.7 Å². The molecular formula is C39H40F2N6O7S. The zero-order valence-electron chi connectivity index (χ0n) is 31.3. The van der Waals surface area contributed by atoms with Gasteiger partial charge in [0.2, 0.25) is 10.0 Å². The molecule has 55 heavy (non-hydrogen) atoms. The Labute approximate surface area is 316 Å². The number of carbonyl (C=O) groups excluding carboxylic acids is 1. The van der Waals surface area contributed by atoms with Gasteiger partial charge >= 0.3 is 6.09 Å². The molecule has 0 spiro atoms. The summed E-state index contributed by atoms with van der Waals surface area (Å²) in [6.07, 6.45) is -0.0106. The van der Waals surface area contributed by atoms with Gasteiger partial charge in [0.25, 0.3) is 5.56 Å². The van der Waals surface area contributed by atoms with E-state index in [-0.39, 0.29) is 46.8 Å². The van der Waals surface area contributed by atoms with E-state index in [9.17, 15) is 26.8 Å². The molecule has 288 valence electrons. The molecule has 0 aliphatic heterocycles. The molecule has 16 heteroatoms. The van der Waals surface area contributed by atoms with Crippen LogP contribution in [0.4, 0.5) is 19.4 Å². The average Bonchev–Trinajstić information content (AvgIpc) is 3.44. The Balaban J connectivity index is 1.61. The summed E-state index contributed by atoms with van der Waals surface area (Å²) in [5.74, 6) is -0.579. The Morgan fingerprint density at radius 3 is 2.18 bits per heavy atom. The van der Waals surface area contributed by atoms with Gasteiger partial charge in [-0.1, -0.05) is 18.2 Å². The quantitative estimate of drug-likeness (QED) is 0.159. The Bertz CT molecular complexity index is 2570. The van der Waals surface area contributed by atoms with Gasteiger partial charge in [0.05, 0.1) is 55.2 Å². The second-order valence-electron chi connectivity index (χ2n) is 13.9. The number of methoxy groups -OCH3 is 2. The van der Waals surface area contributed by atoms with Crippen LogP contribution in [0, 0.1) is 11.6 Å². The van der Waals surface area contributed by atoms with Crippen molar-refractivity contribution in [2.24, 2.45) is 7.05 Å². The Kier molecular flexibility index (Phi) is 10.6. The summed E-state index contributed by atoms with van der Waals surface area (Å²) in [4.78, 5) is 33.0. The van der Waals surface area contributed by atoms with Gasteiger partial charge in [0.1, 0.15) is 34.6 Å². The Morgan fingerprint density at radius 2 is 1.56 bits per heavy atom. The normalized spacial score (nSPS) is 12.5. The van der Waals surface area contributed by atoms with E-state index in [1.165, 1.54) is 27.8 Å². The van der Waals surface area contributed by atoms with Gasteiger partial charge < -0.3 is 19.5 Å². The number of carbonyl (C=O) groups is 1. The number of nitrogens with one attached hydrogen (secondary N) is 1. The molecule has 1 atom stereocenters. The number of rotatable bonds is 11. The fourth-order valence-corrected chi connectivity index (χ4v) is 7.14. The predicted molar refractivity (Wildman–Crippen MR) is 204 cm³/mol. The summed E-state index contributed by atoms with van der Waals surface area (Å²) in [5, 5.41) is 8.00. The highest BCUT2D eigenvalue weighted by Gasteiger charge is 2.30. The van der Waals surface area contributed by atoms with Gasteiger partial charge in [-0.15, -0.1) is 0 Å². The molecule has 0 aliphatic carbocycles. The average molecular weight is 775 g/mol. The largest absolute Gasteiger partial charge is 0.497 e. The maximum atomic E-state index is 14.7. The van der Waals surface area contributed by atoms with E-state index in [0.29, 0.717) is 28.0 Å². The highest BCUT2D eigenvalue weighted by molar-refractivity contribution is 7.92. The minimum absolute atomic E-state index is 0.0188. The van der Waals surface area contributed by atoms with E-state index in [2.05, 4.69) is 10.4 Å². The van der Waals surface area contributed by atoms with E-state index < -0.39 is 45.0 Å². The lowest BCUT2D eigenvalue weighted by molar-refractivity contribution is 0.0500. The van der Waals surface area contributed by atoms with Crippen LogP contribution in [-0.2, 0) is 34.8 Å². The number of aromatic nitrogens is 4. The minimum atomic E-state index is -3.91. The Hall–Kier alpha value is -6.03. The van der Waals surface area contributed by atoms with Crippen LogP contribution in [0.3, 0.4) is 0 Å². The van der Waals surface area contributed by atoms with Crippen molar-refractivity contribution in [3.05, 3.63) is 118 Å². The third kappa shape index (κ3) is 8.38. The van der Waals surface area contributed by atoms with Gasteiger partial charge in [0, 0.05) is 31.0 Å². The first-order chi connectivity index (χ1) is 25.9. The van der Waals surface area contributed by atoms with Crippen LogP contribution in [0.5, 0.6) is 11.5 Å². The molecule has 6 aromatic rings. The lowest BCUT2D eigenvalue weighted by atomic mass is 10.0. The molecule has 4 aromatic carbocycles. The van der Waals surface area contributed by atoms with Crippen LogP contribution in [0.25, 0.3) is 27.5 Å². The summed E-state index contributed by atoms with van der Waals surface area (Å²) in [6.45, 7) is 4.97. The number of alkyl carbamates (subject to hydrolysis) is 1. The maximum absolute atomic E-state index is 14.7. The van der Waals surface area contributed by atoms with Crippen molar-refractivity contribution in [3.8, 4) is 17.2 Å². The second-order valence-corrected chi connectivity index (χ2v) is 15.8. The number of anilines is 1. The zero-order chi connectivity index (χ0) is 39.8. The molecule has 1 amide bonds. The fourth-order valence-electron chi connectivity index (χ4n) is 6.31. The number of sulfonamides is 1. The third-order valence-corrected chi connectivity index (χ3v) is 9.76. The molecule has 0 unspecified atom stereocenters. The van der Waals surface area contributed by atoms with Crippen molar-refractivity contribution >= 4 is 43.7 Å². The number of fused-ring (bicyclic) bond motifs is 2. The summed E-state index contributed by atoms with van der Waals surface area (Å²) in [5.41, 5.74) is 0.162. The van der Waals surface area contributed by atoms with Crippen LogP contribution in [-0.4, -0.2) is 59.9 Å². The molecule has 13 nitrogen and oxygen atoms in total. The van der Waals surface area contributed by atoms with Crippen LogP contribution >= 0.6 is 0 Å². The molecule has 0 bridgehead atoms. The highest BCUT2D eigenvalue weighted by Crippen LogP contribution is 2.34. The van der Waals surface area contributed by atoms with Gasteiger partial charge in [-0.3, -0.25) is 14.0 Å².